The minimum atomic E-state index is 0. The number of halogens is 2. The van der Waals surface area contributed by atoms with Gasteiger partial charge in [-0.05, 0) is 61.4 Å². The number of ether oxygens (including phenoxy) is 2. The number of fused-ring (bicyclic) bond motifs is 2. The van der Waals surface area contributed by atoms with Crippen LogP contribution in [0.5, 0.6) is 11.5 Å². The zero-order valence-corrected chi connectivity index (χ0v) is 22.3. The molecular weight excluding hydrogens is 485 g/mol. The molecule has 2 N–H and O–H groups in total. The molecule has 0 aliphatic carbocycles. The number of rotatable bonds is 10. The van der Waals surface area contributed by atoms with Crippen molar-refractivity contribution in [3.8, 4) is 11.5 Å². The number of hydrogen-bond donors (Lipinski definition) is 2. The maximum absolute atomic E-state index is 12.5. The van der Waals surface area contributed by atoms with E-state index in [-0.39, 0.29) is 30.7 Å². The Hall–Kier alpha value is -1.99. The Labute approximate surface area is 222 Å². The van der Waals surface area contributed by atoms with Crippen LogP contribution in [0.1, 0.15) is 36.8 Å². The standard InChI is InChI=1S/C27H37N3O3.2ClH/c1-32-24-11-12-26(33-2)22(14-24)16-29-27(31)10-6-9-25-23-13-21(15-28-25)18-30(19-23)17-20-7-4-3-5-8-20;;/h3-5,7-8,11-12,14,21,23,25,28H,6,9-10,13,15-19H2,1-2H3,(H,29,31);2*1H/t21?,23?,25-;;/m1../s1. The summed E-state index contributed by atoms with van der Waals surface area (Å²) in [6, 6.07) is 16.9. The molecule has 6 nitrogen and oxygen atoms in total. The van der Waals surface area contributed by atoms with E-state index < -0.39 is 0 Å². The van der Waals surface area contributed by atoms with Crippen LogP contribution in [0.4, 0.5) is 0 Å². The minimum absolute atomic E-state index is 0. The topological polar surface area (TPSA) is 62.8 Å². The second-order valence-electron chi connectivity index (χ2n) is 9.40. The summed E-state index contributed by atoms with van der Waals surface area (Å²) in [5, 5.41) is 6.81. The molecule has 0 radical (unpaired) electrons. The van der Waals surface area contributed by atoms with Gasteiger partial charge in [-0.2, -0.15) is 0 Å². The van der Waals surface area contributed by atoms with E-state index in [1.165, 1.54) is 18.5 Å². The molecule has 2 bridgehead atoms. The first-order valence-corrected chi connectivity index (χ1v) is 12.1. The highest BCUT2D eigenvalue weighted by Crippen LogP contribution is 2.31. The highest BCUT2D eigenvalue weighted by Gasteiger charge is 2.36. The molecule has 2 aromatic carbocycles. The monoisotopic (exact) mass is 523 g/mol. The Morgan fingerprint density at radius 3 is 2.63 bits per heavy atom. The molecule has 3 atom stereocenters. The molecule has 0 aromatic heterocycles. The number of carbonyl (C=O) groups is 1. The van der Waals surface area contributed by atoms with Crippen LogP contribution in [-0.4, -0.2) is 50.7 Å². The molecule has 2 saturated heterocycles. The maximum Gasteiger partial charge on any atom is 0.220 e. The van der Waals surface area contributed by atoms with E-state index in [2.05, 4.69) is 45.9 Å². The van der Waals surface area contributed by atoms with Crippen molar-refractivity contribution in [1.82, 2.24) is 15.5 Å². The van der Waals surface area contributed by atoms with Gasteiger partial charge in [-0.1, -0.05) is 30.3 Å². The minimum Gasteiger partial charge on any atom is -0.497 e. The second-order valence-corrected chi connectivity index (χ2v) is 9.40. The van der Waals surface area contributed by atoms with E-state index >= 15 is 0 Å². The largest absolute Gasteiger partial charge is 0.497 e. The molecule has 2 unspecified atom stereocenters. The van der Waals surface area contributed by atoms with Gasteiger partial charge < -0.3 is 20.1 Å². The van der Waals surface area contributed by atoms with Gasteiger partial charge in [-0.15, -0.1) is 24.8 Å². The summed E-state index contributed by atoms with van der Waals surface area (Å²) < 4.78 is 10.7. The fraction of sp³-hybridized carbons (Fsp3) is 0.519. The summed E-state index contributed by atoms with van der Waals surface area (Å²) in [4.78, 5) is 15.1. The zero-order valence-electron chi connectivity index (χ0n) is 20.7. The molecule has 8 heteroatoms. The smallest absolute Gasteiger partial charge is 0.220 e. The molecule has 4 rings (SSSR count). The first-order chi connectivity index (χ1) is 16.1. The van der Waals surface area contributed by atoms with Gasteiger partial charge in [0.05, 0.1) is 14.2 Å². The number of likely N-dealkylation sites (tertiary alicyclic amines) is 1. The Bertz CT molecular complexity index is 916. The van der Waals surface area contributed by atoms with Gasteiger partial charge in [-0.25, -0.2) is 0 Å². The van der Waals surface area contributed by atoms with Crippen molar-refractivity contribution < 1.29 is 14.3 Å². The Morgan fingerprint density at radius 2 is 1.89 bits per heavy atom. The molecule has 194 valence electrons. The third-order valence-corrected chi connectivity index (χ3v) is 7.01. The van der Waals surface area contributed by atoms with Crippen LogP contribution in [0.25, 0.3) is 0 Å². The van der Waals surface area contributed by atoms with Gasteiger partial charge >= 0.3 is 0 Å². The summed E-state index contributed by atoms with van der Waals surface area (Å²) in [5.41, 5.74) is 2.32. The molecule has 2 aliphatic rings. The highest BCUT2D eigenvalue weighted by atomic mass is 35.5. The predicted octanol–water partition coefficient (Wildman–Crippen LogP) is 4.44. The van der Waals surface area contributed by atoms with Crippen molar-refractivity contribution in [2.45, 2.75) is 44.8 Å². The molecular formula is C27H39Cl2N3O3. The van der Waals surface area contributed by atoms with Crippen molar-refractivity contribution >= 4 is 30.7 Å². The molecule has 0 saturated carbocycles. The molecule has 0 spiro atoms. The first-order valence-electron chi connectivity index (χ1n) is 12.1. The third kappa shape index (κ3) is 8.28. The number of amides is 1. The lowest BCUT2D eigenvalue weighted by Gasteiger charge is -2.46. The SMILES string of the molecule is COc1ccc(OC)c(CNC(=O)CCC[C@H]2NCC3CC2CN(Cc2ccccc2)C3)c1.Cl.Cl. The average molecular weight is 525 g/mol. The summed E-state index contributed by atoms with van der Waals surface area (Å²) in [7, 11) is 3.28. The Balaban J connectivity index is 0.00000216. The summed E-state index contributed by atoms with van der Waals surface area (Å²) in [6.07, 6.45) is 3.81. The number of hydrogen-bond acceptors (Lipinski definition) is 5. The van der Waals surface area contributed by atoms with Gasteiger partial charge in [0, 0.05) is 44.2 Å². The third-order valence-electron chi connectivity index (χ3n) is 7.01. The predicted molar refractivity (Wildman–Crippen MR) is 145 cm³/mol. The molecule has 2 aromatic rings. The van der Waals surface area contributed by atoms with Crippen LogP contribution >= 0.6 is 24.8 Å². The number of methoxy groups -OCH3 is 2. The number of carbonyl (C=O) groups excluding carboxylic acids is 1. The number of piperidine rings is 2. The van der Waals surface area contributed by atoms with Crippen molar-refractivity contribution in [2.24, 2.45) is 11.8 Å². The van der Waals surface area contributed by atoms with Gasteiger partial charge in [0.1, 0.15) is 11.5 Å². The van der Waals surface area contributed by atoms with Gasteiger partial charge in [0.15, 0.2) is 0 Å². The lowest BCUT2D eigenvalue weighted by Crippen LogP contribution is -2.55. The Morgan fingerprint density at radius 1 is 1.09 bits per heavy atom. The number of nitrogens with zero attached hydrogens (tertiary/aromatic N) is 1. The van der Waals surface area contributed by atoms with E-state index in [0.717, 1.165) is 55.5 Å². The zero-order chi connectivity index (χ0) is 23.0. The van der Waals surface area contributed by atoms with Crippen molar-refractivity contribution in [3.63, 3.8) is 0 Å². The van der Waals surface area contributed by atoms with Crippen LogP contribution in [0, 0.1) is 11.8 Å². The first kappa shape index (κ1) is 29.2. The normalized spacial score (nSPS) is 21.3. The van der Waals surface area contributed by atoms with Crippen molar-refractivity contribution in [1.29, 1.82) is 0 Å². The second kappa shape index (κ2) is 14.5. The van der Waals surface area contributed by atoms with Crippen LogP contribution in [0.2, 0.25) is 0 Å². The fourth-order valence-corrected chi connectivity index (χ4v) is 5.37. The van der Waals surface area contributed by atoms with Crippen LogP contribution in [0.3, 0.4) is 0 Å². The molecule has 2 fully saturated rings. The average Bonchev–Trinajstić information content (AvgIpc) is 2.84. The fourth-order valence-electron chi connectivity index (χ4n) is 5.37. The van der Waals surface area contributed by atoms with E-state index in [4.69, 9.17) is 9.47 Å². The Kier molecular flexibility index (Phi) is 12.1. The van der Waals surface area contributed by atoms with E-state index in [1.807, 2.05) is 18.2 Å². The van der Waals surface area contributed by atoms with Crippen LogP contribution < -0.4 is 20.1 Å². The molecule has 2 heterocycles. The van der Waals surface area contributed by atoms with Gasteiger partial charge in [0.25, 0.3) is 0 Å². The highest BCUT2D eigenvalue weighted by molar-refractivity contribution is 5.85. The van der Waals surface area contributed by atoms with Gasteiger partial charge in [-0.3, -0.25) is 9.69 Å². The van der Waals surface area contributed by atoms with Crippen LogP contribution in [-0.2, 0) is 17.9 Å². The van der Waals surface area contributed by atoms with Crippen molar-refractivity contribution in [2.75, 3.05) is 33.9 Å². The number of benzene rings is 2. The molecule has 2 aliphatic heterocycles. The van der Waals surface area contributed by atoms with E-state index in [9.17, 15) is 4.79 Å². The van der Waals surface area contributed by atoms with Gasteiger partial charge in [0.2, 0.25) is 5.91 Å². The quantitative estimate of drug-likeness (QED) is 0.481. The van der Waals surface area contributed by atoms with Crippen LogP contribution in [0.15, 0.2) is 48.5 Å². The lowest BCUT2D eigenvalue weighted by atomic mass is 9.79. The molecule has 1 amide bonds. The summed E-state index contributed by atoms with van der Waals surface area (Å²) in [6.45, 7) is 4.90. The summed E-state index contributed by atoms with van der Waals surface area (Å²) in [5.74, 6) is 3.02. The maximum atomic E-state index is 12.5. The van der Waals surface area contributed by atoms with E-state index in [0.29, 0.717) is 24.9 Å². The lowest BCUT2D eigenvalue weighted by molar-refractivity contribution is -0.121. The summed E-state index contributed by atoms with van der Waals surface area (Å²) >= 11 is 0. The number of nitrogens with one attached hydrogen (secondary N) is 2. The van der Waals surface area contributed by atoms with Crippen molar-refractivity contribution in [3.05, 3.63) is 59.7 Å². The van der Waals surface area contributed by atoms with E-state index in [1.54, 1.807) is 14.2 Å². The molecule has 35 heavy (non-hydrogen) atoms.